The van der Waals surface area contributed by atoms with Crippen LogP contribution >= 0.6 is 0 Å². The van der Waals surface area contributed by atoms with Crippen LogP contribution in [0.2, 0.25) is 0 Å². The lowest BCUT2D eigenvalue weighted by Gasteiger charge is -2.28. The molecule has 0 atom stereocenters. The molecule has 0 aromatic carbocycles. The molecule has 0 amide bonds. The third kappa shape index (κ3) is 3.10. The maximum atomic E-state index is 12.1. The van der Waals surface area contributed by atoms with Gasteiger partial charge in [-0.15, -0.1) is 0 Å². The summed E-state index contributed by atoms with van der Waals surface area (Å²) < 4.78 is 36.3. The molecule has 0 aromatic rings. The molecule has 0 saturated heterocycles. The Balaban J connectivity index is 4.00. The summed E-state index contributed by atoms with van der Waals surface area (Å²) in [6.07, 6.45) is -3.46. The van der Waals surface area contributed by atoms with E-state index in [0.29, 0.717) is 13.0 Å². The smallest absolute Gasteiger partial charge is 0.304 e. The van der Waals surface area contributed by atoms with Crippen LogP contribution in [0.4, 0.5) is 13.2 Å². The number of hydrogen-bond acceptors (Lipinski definition) is 1. The Hall–Kier alpha value is -0.250. The molecular formula is C7H14F3N. The number of hydrogen-bond donors (Lipinski definition) is 1. The molecule has 0 aliphatic carbocycles. The minimum absolute atomic E-state index is 0.395. The van der Waals surface area contributed by atoms with Crippen LogP contribution in [0.1, 0.15) is 27.2 Å². The molecule has 1 N–H and O–H groups in total. The van der Waals surface area contributed by atoms with Gasteiger partial charge in [0.1, 0.15) is 5.54 Å². The molecule has 0 spiro atoms. The Morgan fingerprint density at radius 1 is 1.18 bits per heavy atom. The van der Waals surface area contributed by atoms with Crippen molar-refractivity contribution in [1.29, 1.82) is 0 Å². The van der Waals surface area contributed by atoms with Gasteiger partial charge in [0.15, 0.2) is 0 Å². The molecule has 1 nitrogen and oxygen atoms in total. The summed E-state index contributed by atoms with van der Waals surface area (Å²) >= 11 is 0. The van der Waals surface area contributed by atoms with E-state index >= 15 is 0 Å². The Kier molecular flexibility index (Phi) is 3.35. The standard InChI is InChI=1S/C7H14F3N/c1-4-5-11-6(2,3)7(8,9)10/h11H,4-5H2,1-3H3. The molecule has 0 aromatic heterocycles. The molecule has 0 rings (SSSR count). The average molecular weight is 169 g/mol. The highest BCUT2D eigenvalue weighted by Gasteiger charge is 2.46. The molecule has 4 heteroatoms. The molecule has 11 heavy (non-hydrogen) atoms. The SMILES string of the molecule is CCCNC(C)(C)C(F)(F)F. The summed E-state index contributed by atoms with van der Waals surface area (Å²) in [4.78, 5) is 0. The summed E-state index contributed by atoms with van der Waals surface area (Å²) in [5.41, 5.74) is -1.76. The van der Waals surface area contributed by atoms with Crippen LogP contribution in [0.15, 0.2) is 0 Å². The molecule has 0 heterocycles. The van der Waals surface area contributed by atoms with Gasteiger partial charge < -0.3 is 5.32 Å². The maximum Gasteiger partial charge on any atom is 0.406 e. The zero-order valence-corrected chi connectivity index (χ0v) is 7.05. The lowest BCUT2D eigenvalue weighted by Crippen LogP contribution is -2.52. The lowest BCUT2D eigenvalue weighted by molar-refractivity contribution is -0.185. The van der Waals surface area contributed by atoms with Crippen LogP contribution in [0.3, 0.4) is 0 Å². The highest BCUT2D eigenvalue weighted by Crippen LogP contribution is 2.29. The van der Waals surface area contributed by atoms with Gasteiger partial charge in [0.25, 0.3) is 0 Å². The molecule has 0 aliphatic heterocycles. The summed E-state index contributed by atoms with van der Waals surface area (Å²) in [6, 6.07) is 0. The van der Waals surface area contributed by atoms with Crippen LogP contribution in [0.25, 0.3) is 0 Å². The monoisotopic (exact) mass is 169 g/mol. The van der Waals surface area contributed by atoms with Gasteiger partial charge in [-0.1, -0.05) is 6.92 Å². The summed E-state index contributed by atoms with van der Waals surface area (Å²) in [5.74, 6) is 0. The normalized spacial score (nSPS) is 13.6. The number of alkyl halides is 3. The minimum atomic E-state index is -4.16. The Labute approximate surface area is 65.0 Å². The van der Waals surface area contributed by atoms with Crippen molar-refractivity contribution in [1.82, 2.24) is 5.32 Å². The molecule has 0 radical (unpaired) electrons. The van der Waals surface area contributed by atoms with Crippen molar-refractivity contribution < 1.29 is 13.2 Å². The van der Waals surface area contributed by atoms with Gasteiger partial charge in [0.05, 0.1) is 0 Å². The largest absolute Gasteiger partial charge is 0.406 e. The van der Waals surface area contributed by atoms with Crippen molar-refractivity contribution in [3.05, 3.63) is 0 Å². The van der Waals surface area contributed by atoms with Crippen LogP contribution < -0.4 is 5.32 Å². The summed E-state index contributed by atoms with van der Waals surface area (Å²) in [7, 11) is 0. The zero-order chi connectivity index (χ0) is 9.12. The Morgan fingerprint density at radius 2 is 1.64 bits per heavy atom. The van der Waals surface area contributed by atoms with Gasteiger partial charge in [-0.25, -0.2) is 0 Å². The second kappa shape index (κ2) is 3.43. The molecule has 0 saturated carbocycles. The second-order valence-electron chi connectivity index (χ2n) is 3.05. The molecular weight excluding hydrogens is 155 g/mol. The van der Waals surface area contributed by atoms with E-state index in [9.17, 15) is 13.2 Å². The van der Waals surface area contributed by atoms with E-state index in [-0.39, 0.29) is 0 Å². The van der Waals surface area contributed by atoms with E-state index in [1.165, 1.54) is 0 Å². The van der Waals surface area contributed by atoms with E-state index in [1.807, 2.05) is 6.92 Å². The summed E-state index contributed by atoms with van der Waals surface area (Å²) in [6.45, 7) is 4.51. The maximum absolute atomic E-state index is 12.1. The third-order valence-corrected chi connectivity index (χ3v) is 1.53. The van der Waals surface area contributed by atoms with Gasteiger partial charge in [0.2, 0.25) is 0 Å². The fourth-order valence-corrected chi connectivity index (χ4v) is 0.538. The van der Waals surface area contributed by atoms with Crippen LogP contribution in [0.5, 0.6) is 0 Å². The van der Waals surface area contributed by atoms with Gasteiger partial charge in [-0.05, 0) is 26.8 Å². The first-order valence-corrected chi connectivity index (χ1v) is 3.63. The first-order chi connectivity index (χ1) is 4.81. The molecule has 0 bridgehead atoms. The van der Waals surface area contributed by atoms with Gasteiger partial charge in [-0.3, -0.25) is 0 Å². The highest BCUT2D eigenvalue weighted by molar-refractivity contribution is 4.85. The number of nitrogens with one attached hydrogen (secondary N) is 1. The van der Waals surface area contributed by atoms with E-state index < -0.39 is 11.7 Å². The van der Waals surface area contributed by atoms with Crippen molar-refractivity contribution in [2.75, 3.05) is 6.54 Å². The second-order valence-corrected chi connectivity index (χ2v) is 3.05. The quantitative estimate of drug-likeness (QED) is 0.683. The fraction of sp³-hybridized carbons (Fsp3) is 1.00. The average Bonchev–Trinajstić information content (AvgIpc) is 1.81. The zero-order valence-electron chi connectivity index (χ0n) is 7.05. The topological polar surface area (TPSA) is 12.0 Å². The molecule has 0 unspecified atom stereocenters. The van der Waals surface area contributed by atoms with Crippen molar-refractivity contribution in [3.8, 4) is 0 Å². The van der Waals surface area contributed by atoms with Crippen molar-refractivity contribution in [2.24, 2.45) is 0 Å². The van der Waals surface area contributed by atoms with Gasteiger partial charge in [0, 0.05) is 0 Å². The molecule has 0 aliphatic rings. The van der Waals surface area contributed by atoms with E-state index in [0.717, 1.165) is 13.8 Å². The Morgan fingerprint density at radius 3 is 1.91 bits per heavy atom. The first kappa shape index (κ1) is 10.8. The van der Waals surface area contributed by atoms with E-state index in [4.69, 9.17) is 0 Å². The minimum Gasteiger partial charge on any atom is -0.304 e. The molecule has 68 valence electrons. The van der Waals surface area contributed by atoms with E-state index in [1.54, 1.807) is 0 Å². The predicted octanol–water partition coefficient (Wildman–Crippen LogP) is 2.33. The van der Waals surface area contributed by atoms with Crippen LogP contribution in [-0.2, 0) is 0 Å². The highest BCUT2D eigenvalue weighted by atomic mass is 19.4. The number of rotatable bonds is 3. The van der Waals surface area contributed by atoms with Crippen molar-refractivity contribution in [2.45, 2.75) is 38.9 Å². The van der Waals surface area contributed by atoms with Crippen molar-refractivity contribution >= 4 is 0 Å². The molecule has 0 fully saturated rings. The van der Waals surface area contributed by atoms with Crippen LogP contribution in [0, 0.1) is 0 Å². The number of halogens is 3. The summed E-state index contributed by atoms with van der Waals surface area (Å²) in [5, 5.41) is 2.42. The van der Waals surface area contributed by atoms with Crippen LogP contribution in [-0.4, -0.2) is 18.3 Å². The third-order valence-electron chi connectivity index (χ3n) is 1.53. The Bertz CT molecular complexity index is 117. The first-order valence-electron chi connectivity index (χ1n) is 3.63. The lowest BCUT2D eigenvalue weighted by atomic mass is 10.1. The van der Waals surface area contributed by atoms with E-state index in [2.05, 4.69) is 5.32 Å². The van der Waals surface area contributed by atoms with Crippen molar-refractivity contribution in [3.63, 3.8) is 0 Å². The fourth-order valence-electron chi connectivity index (χ4n) is 0.538. The predicted molar refractivity (Wildman–Crippen MR) is 38.4 cm³/mol. The van der Waals surface area contributed by atoms with Gasteiger partial charge in [-0.2, -0.15) is 13.2 Å². The van der Waals surface area contributed by atoms with Gasteiger partial charge >= 0.3 is 6.18 Å².